The van der Waals surface area contributed by atoms with Crippen molar-refractivity contribution in [2.45, 2.75) is 154 Å². The zero-order valence-corrected chi connectivity index (χ0v) is 40.6. The topological polar surface area (TPSA) is 51.8 Å². The Kier molecular flexibility index (Phi) is 9.51. The summed E-state index contributed by atoms with van der Waals surface area (Å²) in [6, 6.07) is 23.4. The molecule has 4 heterocycles. The first-order valence-corrected chi connectivity index (χ1v) is 21.5. The van der Waals surface area contributed by atoms with Crippen molar-refractivity contribution in [3.8, 4) is 22.5 Å². The molecule has 2 saturated carbocycles. The first kappa shape index (κ1) is 33.8. The van der Waals surface area contributed by atoms with E-state index >= 15 is 0 Å². The first-order chi connectivity index (χ1) is 32.3. The van der Waals surface area contributed by atoms with Gasteiger partial charge in [-0.3, -0.25) is 0 Å². The summed E-state index contributed by atoms with van der Waals surface area (Å²) < 4.78 is 97.1. The molecular formula is C56H71IrN3O-2. The van der Waals surface area contributed by atoms with Crippen molar-refractivity contribution in [2.24, 2.45) is 32.5 Å². The number of aryl methyl sites for hydroxylation is 2. The fraction of sp³-hybridized carbons (Fsp3) is 0.518. The molecule has 0 N–H and O–H groups in total. The van der Waals surface area contributed by atoms with Crippen molar-refractivity contribution in [3.63, 3.8) is 0 Å². The molecule has 0 unspecified atom stereocenters. The van der Waals surface area contributed by atoms with Crippen molar-refractivity contribution in [3.05, 3.63) is 113 Å². The van der Waals surface area contributed by atoms with E-state index in [-0.39, 0.29) is 64.4 Å². The molecule has 1 radical (unpaired) electrons. The van der Waals surface area contributed by atoms with Crippen LogP contribution in [0.3, 0.4) is 0 Å². The minimum Gasteiger partial charge on any atom is -0.486 e. The Balaban J connectivity index is 0.000000244. The monoisotopic (exact) mass is 1010 g/mol. The minimum absolute atomic E-state index is 0. The van der Waals surface area contributed by atoms with Crippen molar-refractivity contribution in [1.29, 1.82) is 0 Å². The van der Waals surface area contributed by atoms with E-state index in [0.717, 1.165) is 29.2 Å². The van der Waals surface area contributed by atoms with Gasteiger partial charge in [0.15, 0.2) is 0 Å². The van der Waals surface area contributed by atoms with Gasteiger partial charge in [-0.2, -0.15) is 0 Å². The zero-order valence-electron chi connectivity index (χ0n) is 49.3. The summed E-state index contributed by atoms with van der Waals surface area (Å²) in [6.07, 6.45) is 6.64. The van der Waals surface area contributed by atoms with E-state index < -0.39 is 43.2 Å². The number of rotatable bonds is 5. The second-order valence-corrected chi connectivity index (χ2v) is 21.7. The van der Waals surface area contributed by atoms with Gasteiger partial charge in [0, 0.05) is 58.7 Å². The van der Waals surface area contributed by atoms with Gasteiger partial charge in [-0.25, -0.2) is 4.98 Å². The molecule has 61 heavy (non-hydrogen) atoms. The summed E-state index contributed by atoms with van der Waals surface area (Å²) in [5.74, 6) is -0.826. The molecule has 327 valence electrons. The molecular weight excluding hydrogens is 923 g/mol. The second-order valence-electron chi connectivity index (χ2n) is 21.7. The fourth-order valence-electron chi connectivity index (χ4n) is 10.4. The van der Waals surface area contributed by atoms with Crippen LogP contribution in [0.1, 0.15) is 171 Å². The van der Waals surface area contributed by atoms with Gasteiger partial charge in [0.25, 0.3) is 0 Å². The van der Waals surface area contributed by atoms with E-state index in [9.17, 15) is 1.37 Å². The van der Waals surface area contributed by atoms with Gasteiger partial charge >= 0.3 is 0 Å². The summed E-state index contributed by atoms with van der Waals surface area (Å²) in [4.78, 5) is 13.4. The number of aromatic nitrogens is 3. The first-order valence-electron chi connectivity index (χ1n) is 27.0. The fourth-order valence-corrected chi connectivity index (χ4v) is 10.4. The molecule has 5 heteroatoms. The summed E-state index contributed by atoms with van der Waals surface area (Å²) in [7, 11) is 0. The second kappa shape index (κ2) is 17.1. The molecule has 2 aliphatic rings. The van der Waals surface area contributed by atoms with Crippen molar-refractivity contribution in [2.75, 3.05) is 0 Å². The van der Waals surface area contributed by atoms with Crippen LogP contribution in [0.15, 0.2) is 77.5 Å². The largest absolute Gasteiger partial charge is 0.486 e. The molecule has 6 aromatic rings. The molecule has 8 rings (SSSR count). The van der Waals surface area contributed by atoms with Crippen LogP contribution in [0, 0.1) is 58.3 Å². The van der Waals surface area contributed by atoms with Crippen LogP contribution in [-0.4, -0.2) is 15.0 Å². The molecule has 2 fully saturated rings. The van der Waals surface area contributed by atoms with Gasteiger partial charge in [0.1, 0.15) is 0 Å². The van der Waals surface area contributed by atoms with Crippen LogP contribution in [0.4, 0.5) is 0 Å². The molecule has 0 atom stereocenters. The van der Waals surface area contributed by atoms with Crippen molar-refractivity contribution in [1.82, 2.24) is 15.0 Å². The number of nitrogens with zero attached hydrogens (tertiary/aromatic N) is 3. The van der Waals surface area contributed by atoms with Crippen molar-refractivity contribution >= 4 is 22.1 Å². The molecule has 0 saturated heterocycles. The summed E-state index contributed by atoms with van der Waals surface area (Å²) >= 11 is 0. The van der Waals surface area contributed by atoms with E-state index in [1.165, 1.54) is 50.1 Å². The predicted octanol–water partition coefficient (Wildman–Crippen LogP) is 15.7. The molecule has 2 aromatic carbocycles. The molecule has 2 aliphatic carbocycles. The SMILES string of the molecule is [2H]C([2H])([2H])c1c[c-]c(-c2cc(C([2H])([2H])C(C)(C)C)c(C([2H])([2H])C(C)(C)C)cn2)cc1.[2H]C([2H])([2H])c1ccc2c(n1)oc1c(-c3cc(C4([2H])C(C)(C)CC5(CCC(C)(C)CC5)CC4(C)C)ccn3)[c-]ccc12.[Ir]. The number of furan rings is 1. The third-order valence-corrected chi connectivity index (χ3v) is 12.3. The van der Waals surface area contributed by atoms with E-state index in [1.807, 2.05) is 18.2 Å². The Hall–Kier alpha value is -3.66. The smallest absolute Gasteiger partial charge is 0.216 e. The van der Waals surface area contributed by atoms with Crippen LogP contribution in [0.25, 0.3) is 44.6 Å². The average molecular weight is 1010 g/mol. The summed E-state index contributed by atoms with van der Waals surface area (Å²) in [5, 5.41) is 1.60. The maximum atomic E-state index is 10.2. The Morgan fingerprint density at radius 2 is 1.46 bits per heavy atom. The Labute approximate surface area is 397 Å². The summed E-state index contributed by atoms with van der Waals surface area (Å²) in [5.41, 5.74) is 3.44. The van der Waals surface area contributed by atoms with Gasteiger partial charge in [-0.1, -0.05) is 113 Å². The quantitative estimate of drug-likeness (QED) is 0.162. The van der Waals surface area contributed by atoms with Crippen LogP contribution in [0.5, 0.6) is 0 Å². The van der Waals surface area contributed by atoms with Crippen molar-refractivity contribution < 1.29 is 39.6 Å². The Morgan fingerprint density at radius 3 is 2.08 bits per heavy atom. The van der Waals surface area contributed by atoms with Crippen LogP contribution < -0.4 is 0 Å². The molecule has 0 aliphatic heterocycles. The van der Waals surface area contributed by atoms with Gasteiger partial charge in [0.2, 0.25) is 5.71 Å². The molecule has 4 nitrogen and oxygen atoms in total. The maximum absolute atomic E-state index is 10.2. The van der Waals surface area contributed by atoms with Crippen LogP contribution in [0.2, 0.25) is 0 Å². The van der Waals surface area contributed by atoms with E-state index in [0.29, 0.717) is 33.5 Å². The van der Waals surface area contributed by atoms with Gasteiger partial charge in [0.05, 0.1) is 5.58 Å². The molecule has 0 bridgehead atoms. The van der Waals surface area contributed by atoms with Gasteiger partial charge in [-0.05, 0) is 143 Å². The third-order valence-electron chi connectivity index (χ3n) is 12.3. The van der Waals surface area contributed by atoms with E-state index in [1.54, 1.807) is 65.9 Å². The van der Waals surface area contributed by atoms with E-state index in [2.05, 4.69) is 69.7 Å². The average Bonchev–Trinajstić information content (AvgIpc) is 3.64. The number of hydrogen-bond donors (Lipinski definition) is 0. The number of fused-ring (bicyclic) bond motifs is 3. The van der Waals surface area contributed by atoms with Gasteiger partial charge in [-0.15, -0.1) is 53.6 Å². The zero-order chi connectivity index (χ0) is 53.0. The standard InChI is InChI=1S/C34H41N2O.C22H30N.Ir/c1-22-11-12-25-24-9-8-10-26(28(24)37-30(25)36-22)27-19-23(13-18-35-27)29-32(4,5)20-34(21-33(29,6)7)16-14-31(2,3)15-17-34;1-16-8-10-17(11-9-16)20-12-18(13-21(2,3)4)19(15-23-20)14-22(5,6)7;/h8-9,11-13,18-19,29H,14-17,20-21H2,1-7H3;8-10,12,15H,13-14H2,1-7H3;/q2*-1;/i1D3,29D;1D3,13D2,14D2;. The maximum Gasteiger partial charge on any atom is 0.216 e. The van der Waals surface area contributed by atoms with Crippen LogP contribution in [-0.2, 0) is 32.9 Å². The van der Waals surface area contributed by atoms with Crippen LogP contribution >= 0.6 is 0 Å². The summed E-state index contributed by atoms with van der Waals surface area (Å²) in [6.45, 7) is 20.1. The Bertz CT molecular complexity index is 2910. The minimum atomic E-state index is -2.31. The number of pyridine rings is 3. The molecule has 4 aromatic heterocycles. The Morgan fingerprint density at radius 1 is 0.770 bits per heavy atom. The van der Waals surface area contributed by atoms with E-state index in [4.69, 9.17) is 23.1 Å². The van der Waals surface area contributed by atoms with Gasteiger partial charge < -0.3 is 14.4 Å². The predicted molar refractivity (Wildman–Crippen MR) is 252 cm³/mol. The number of hydrogen-bond acceptors (Lipinski definition) is 4. The number of benzene rings is 2. The molecule has 1 spiro atoms. The third kappa shape index (κ3) is 10.8. The normalized spacial score (nSPS) is 24.0. The molecule has 0 amide bonds.